The van der Waals surface area contributed by atoms with Gasteiger partial charge in [-0.15, -0.1) is 5.11 Å². The van der Waals surface area contributed by atoms with Crippen LogP contribution in [-0.4, -0.2) is 8.76 Å². The van der Waals surface area contributed by atoms with Gasteiger partial charge < -0.3 is 9.92 Å². The van der Waals surface area contributed by atoms with Gasteiger partial charge in [0.15, 0.2) is 0 Å². The van der Waals surface area contributed by atoms with E-state index in [1.54, 1.807) is 13.0 Å². The molecule has 176 valence electrons. The molecular formula is C25H37N3O3S. The predicted molar refractivity (Wildman–Crippen MR) is 138 cm³/mol. The van der Waals surface area contributed by atoms with Gasteiger partial charge in [-0.3, -0.25) is 4.55 Å². The molecule has 0 fully saturated rings. The van der Waals surface area contributed by atoms with Crippen molar-refractivity contribution in [2.45, 2.75) is 61.3 Å². The van der Waals surface area contributed by atoms with Crippen LogP contribution in [-0.2, 0) is 11.4 Å². The van der Waals surface area contributed by atoms with E-state index in [1.807, 2.05) is 56.3 Å². The van der Waals surface area contributed by atoms with Crippen LogP contribution in [0.15, 0.2) is 64.8 Å². The Kier molecular flexibility index (Phi) is 15.4. The highest BCUT2D eigenvalue weighted by molar-refractivity contribution is 7.74. The van der Waals surface area contributed by atoms with Gasteiger partial charge in [0.25, 0.3) is 0 Å². The third kappa shape index (κ3) is 10.5. The van der Waals surface area contributed by atoms with E-state index in [1.165, 1.54) is 18.9 Å². The number of fused-ring (bicyclic) bond motifs is 1. The molecule has 0 amide bonds. The molecule has 0 radical (unpaired) electrons. The second kappa shape index (κ2) is 16.9. The Morgan fingerprint density at radius 2 is 1.47 bits per heavy atom. The highest BCUT2D eigenvalue weighted by Crippen LogP contribution is 2.33. The molecule has 0 aliphatic heterocycles. The molecule has 0 aromatic heterocycles. The van der Waals surface area contributed by atoms with Crippen LogP contribution in [0.4, 0.5) is 17.1 Å². The second-order valence-electron chi connectivity index (χ2n) is 6.62. The summed E-state index contributed by atoms with van der Waals surface area (Å²) in [6, 6.07) is 16.7. The van der Waals surface area contributed by atoms with Gasteiger partial charge in [0.1, 0.15) is 11.4 Å². The molecule has 0 saturated heterocycles. The molecule has 3 aromatic carbocycles. The summed E-state index contributed by atoms with van der Waals surface area (Å²) in [5.41, 5.74) is 8.18. The van der Waals surface area contributed by atoms with Crippen molar-refractivity contribution in [1.29, 1.82) is 0 Å². The zero-order valence-corrected chi connectivity index (χ0v) is 21.1. The fraction of sp³-hybridized carbons (Fsp3) is 0.360. The van der Waals surface area contributed by atoms with Gasteiger partial charge in [-0.2, -0.15) is 9.32 Å². The van der Waals surface area contributed by atoms with Crippen LogP contribution in [0.1, 0.15) is 59.9 Å². The van der Waals surface area contributed by atoms with Crippen molar-refractivity contribution in [2.75, 3.05) is 5.73 Å². The number of hydrogen-bond acceptors (Lipinski definition) is 5. The largest absolute Gasteiger partial charge is 0.397 e. The number of hydrogen-bond donors (Lipinski definition) is 2. The number of nitrogens with zero attached hydrogens (tertiary/aromatic N) is 2. The SMILES string of the molecule is CC.CCC.CCC.Cc1cc(OS(=O)O)cc(N=Nc2ccc3ccccc3c2)c1N. The Balaban J connectivity index is 0.00000106. The lowest BCUT2D eigenvalue weighted by Crippen LogP contribution is -1.99. The van der Waals surface area contributed by atoms with Crippen molar-refractivity contribution in [1.82, 2.24) is 0 Å². The molecule has 32 heavy (non-hydrogen) atoms. The first-order chi connectivity index (χ1) is 15.4. The normalized spacial score (nSPS) is 10.8. The minimum absolute atomic E-state index is 0.204. The maximum atomic E-state index is 10.8. The minimum Gasteiger partial charge on any atom is -0.397 e. The molecule has 3 aromatic rings. The predicted octanol–water partition coefficient (Wildman–Crippen LogP) is 8.52. The average molecular weight is 460 g/mol. The van der Waals surface area contributed by atoms with Crippen LogP contribution in [0.25, 0.3) is 10.8 Å². The lowest BCUT2D eigenvalue weighted by atomic mass is 10.1. The number of benzene rings is 3. The summed E-state index contributed by atoms with van der Waals surface area (Å²) in [5, 5.41) is 10.5. The van der Waals surface area contributed by atoms with E-state index in [0.29, 0.717) is 22.6 Å². The van der Waals surface area contributed by atoms with Crippen molar-refractivity contribution < 1.29 is 12.9 Å². The van der Waals surface area contributed by atoms with E-state index in [-0.39, 0.29) is 5.75 Å². The maximum absolute atomic E-state index is 10.8. The van der Waals surface area contributed by atoms with Crippen molar-refractivity contribution in [3.05, 3.63) is 60.2 Å². The summed E-state index contributed by atoms with van der Waals surface area (Å²) >= 11 is -2.41. The fourth-order valence-corrected chi connectivity index (χ4v) is 2.57. The summed E-state index contributed by atoms with van der Waals surface area (Å²) in [6.07, 6.45) is 2.50. The Bertz CT molecular complexity index is 989. The van der Waals surface area contributed by atoms with E-state index in [0.717, 1.165) is 10.8 Å². The minimum atomic E-state index is -2.41. The molecule has 0 saturated carbocycles. The van der Waals surface area contributed by atoms with E-state index < -0.39 is 11.4 Å². The van der Waals surface area contributed by atoms with Gasteiger partial charge in [0, 0.05) is 6.07 Å². The molecule has 0 aliphatic carbocycles. The third-order valence-electron chi connectivity index (χ3n) is 3.51. The molecule has 0 aliphatic rings. The number of nitrogens with two attached hydrogens (primary N) is 1. The van der Waals surface area contributed by atoms with E-state index in [9.17, 15) is 4.21 Å². The Hall–Kier alpha value is -2.77. The highest BCUT2D eigenvalue weighted by atomic mass is 32.2. The number of rotatable bonds is 4. The molecule has 0 heterocycles. The number of azo groups is 1. The zero-order valence-electron chi connectivity index (χ0n) is 20.3. The topological polar surface area (TPSA) is 97.3 Å². The molecule has 6 nitrogen and oxygen atoms in total. The van der Waals surface area contributed by atoms with Crippen molar-refractivity contribution >= 4 is 39.2 Å². The van der Waals surface area contributed by atoms with Crippen LogP contribution in [0.5, 0.6) is 5.75 Å². The number of nitrogen functional groups attached to an aromatic ring is 1. The van der Waals surface area contributed by atoms with E-state index in [4.69, 9.17) is 14.5 Å². The molecule has 7 heteroatoms. The average Bonchev–Trinajstić information content (AvgIpc) is 2.77. The van der Waals surface area contributed by atoms with Crippen molar-refractivity contribution in [3.8, 4) is 5.75 Å². The highest BCUT2D eigenvalue weighted by Gasteiger charge is 2.08. The molecule has 3 rings (SSSR count). The van der Waals surface area contributed by atoms with Gasteiger partial charge >= 0.3 is 11.4 Å². The van der Waals surface area contributed by atoms with Crippen LogP contribution >= 0.6 is 0 Å². The quantitative estimate of drug-likeness (QED) is 0.232. The Labute approximate surface area is 195 Å². The lowest BCUT2D eigenvalue weighted by molar-refractivity contribution is 0.458. The molecule has 1 unspecified atom stereocenters. The van der Waals surface area contributed by atoms with Crippen LogP contribution in [0, 0.1) is 6.92 Å². The maximum Gasteiger partial charge on any atom is 0.357 e. The zero-order chi connectivity index (χ0) is 24.5. The van der Waals surface area contributed by atoms with Gasteiger partial charge in [-0.05, 0) is 41.5 Å². The van der Waals surface area contributed by atoms with Crippen molar-refractivity contribution in [2.24, 2.45) is 10.2 Å². The number of anilines is 1. The summed E-state index contributed by atoms with van der Waals surface area (Å²) in [7, 11) is 0. The molecular weight excluding hydrogens is 422 g/mol. The van der Waals surface area contributed by atoms with Crippen LogP contribution in [0.2, 0.25) is 0 Å². The van der Waals surface area contributed by atoms with E-state index >= 15 is 0 Å². The molecule has 3 N–H and O–H groups in total. The Morgan fingerprint density at radius 1 is 0.906 bits per heavy atom. The van der Waals surface area contributed by atoms with Gasteiger partial charge in [-0.1, -0.05) is 84.7 Å². The summed E-state index contributed by atoms with van der Waals surface area (Å²) in [6.45, 7) is 14.3. The Morgan fingerprint density at radius 3 is 2.03 bits per heavy atom. The molecule has 1 atom stereocenters. The third-order valence-corrected chi connectivity index (χ3v) is 3.85. The van der Waals surface area contributed by atoms with Gasteiger partial charge in [0.05, 0.1) is 11.4 Å². The van der Waals surface area contributed by atoms with E-state index in [2.05, 4.69) is 37.9 Å². The second-order valence-corrected chi connectivity index (χ2v) is 7.22. The molecule has 0 bridgehead atoms. The summed E-state index contributed by atoms with van der Waals surface area (Å²) in [4.78, 5) is 0. The molecule has 0 spiro atoms. The van der Waals surface area contributed by atoms with Crippen LogP contribution in [0.3, 0.4) is 0 Å². The van der Waals surface area contributed by atoms with Gasteiger partial charge in [0.2, 0.25) is 0 Å². The first kappa shape index (κ1) is 29.2. The van der Waals surface area contributed by atoms with Gasteiger partial charge in [-0.25, -0.2) is 0 Å². The standard InChI is InChI=1S/C17H15N3O3S.2C3H8.C2H6/c1-11-8-15(23-24(21)22)10-16(17(11)18)20-19-14-7-6-12-4-2-3-5-13(12)9-14;2*1-3-2;1-2/h2-10H,18H2,1H3,(H,21,22);2*3H2,1-2H3;1-2H3. The monoisotopic (exact) mass is 459 g/mol. The first-order valence-corrected chi connectivity index (χ1v) is 12.0. The number of aryl methyl sites for hydroxylation is 1. The first-order valence-electron chi connectivity index (χ1n) is 11.0. The fourth-order valence-electron chi connectivity index (χ4n) is 2.31. The van der Waals surface area contributed by atoms with Crippen molar-refractivity contribution in [3.63, 3.8) is 0 Å². The smallest absolute Gasteiger partial charge is 0.357 e. The summed E-state index contributed by atoms with van der Waals surface area (Å²) in [5.74, 6) is 0.204. The summed E-state index contributed by atoms with van der Waals surface area (Å²) < 4.78 is 24.4. The van der Waals surface area contributed by atoms with Crippen LogP contribution < -0.4 is 9.92 Å². The lowest BCUT2D eigenvalue weighted by Gasteiger charge is -2.07.